The monoisotopic (exact) mass is 1530 g/mol. The van der Waals surface area contributed by atoms with Crippen molar-refractivity contribution < 1.29 is 0 Å². The second-order valence-electron chi connectivity index (χ2n) is 21.2. The van der Waals surface area contributed by atoms with E-state index in [1.807, 2.05) is 108 Å². The molecule has 30 nitrogen and oxygen atoms in total. The minimum Gasteiger partial charge on any atom is -0.368 e. The molecular formula is C60H71Cl9N30. The van der Waals surface area contributed by atoms with Gasteiger partial charge in [-0.3, -0.25) is 0 Å². The molecule has 10 rings (SSSR count). The van der Waals surface area contributed by atoms with Crippen molar-refractivity contribution in [3.05, 3.63) is 165 Å². The van der Waals surface area contributed by atoms with Crippen molar-refractivity contribution >= 4 is 199 Å². The summed E-state index contributed by atoms with van der Waals surface area (Å²) in [6.07, 6.45) is 1.25. The molecule has 5 heterocycles. The molecule has 524 valence electrons. The van der Waals surface area contributed by atoms with Gasteiger partial charge in [0.1, 0.15) is 0 Å². The molecule has 0 atom stereocenters. The summed E-state index contributed by atoms with van der Waals surface area (Å²) in [4.78, 5) is 59.9. The van der Waals surface area contributed by atoms with E-state index < -0.39 is 0 Å². The number of nitrogens with two attached hydrogens (primary N) is 7. The lowest BCUT2D eigenvalue weighted by Crippen LogP contribution is -2.16. The molecule has 22 N–H and O–H groups in total. The Morgan fingerprint density at radius 3 is 0.929 bits per heavy atom. The number of para-hydroxylation sites is 1. The van der Waals surface area contributed by atoms with Crippen molar-refractivity contribution in [3.63, 3.8) is 0 Å². The van der Waals surface area contributed by atoms with Crippen LogP contribution in [-0.2, 0) is 25.9 Å². The molecule has 99 heavy (non-hydrogen) atoms. The SMILES string of the molecule is CC(C)Nc1nc(N)nc(NCCc2cc(Cl)c(Cl)cc2Cl)n1.CC(C)Nc1nc(N)nc(NCc2ccccc2Cl)n1.CC(C)Nc1nc(N)nc(Nc2ccccc2Cl)n1.Nc1nc(N)nc(NCCc2cc(Cl)c(Cl)cc2Cl)n1.Nc1nc(N)nc(NCc2ccccc2Cl)n1. The number of hydrogen-bond acceptors (Lipinski definition) is 30. The molecule has 5 aromatic carbocycles. The summed E-state index contributed by atoms with van der Waals surface area (Å²) < 4.78 is 0. The van der Waals surface area contributed by atoms with E-state index in [4.69, 9.17) is 145 Å². The first-order valence-electron chi connectivity index (χ1n) is 29.6. The van der Waals surface area contributed by atoms with Crippen molar-refractivity contribution in [1.29, 1.82) is 0 Å². The van der Waals surface area contributed by atoms with Crippen LogP contribution in [0.2, 0.25) is 45.2 Å². The van der Waals surface area contributed by atoms with Crippen LogP contribution in [0.5, 0.6) is 0 Å². The van der Waals surface area contributed by atoms with E-state index in [2.05, 4.69) is 117 Å². The molecule has 0 aliphatic heterocycles. The molecule has 0 saturated heterocycles. The number of anilines is 16. The number of halogens is 9. The van der Waals surface area contributed by atoms with Crippen molar-refractivity contribution in [1.82, 2.24) is 74.8 Å². The Bertz CT molecular complexity index is 4220. The van der Waals surface area contributed by atoms with Gasteiger partial charge < -0.3 is 82.7 Å². The van der Waals surface area contributed by atoms with Crippen LogP contribution < -0.4 is 82.7 Å². The smallest absolute Gasteiger partial charge is 0.233 e. The molecule has 5 aromatic heterocycles. The van der Waals surface area contributed by atoms with Gasteiger partial charge in [-0.15, -0.1) is 0 Å². The van der Waals surface area contributed by atoms with Gasteiger partial charge >= 0.3 is 0 Å². The molecule has 0 radical (unpaired) electrons. The number of hydrogen-bond donors (Lipinski definition) is 15. The van der Waals surface area contributed by atoms with Crippen LogP contribution in [0.1, 0.15) is 63.8 Å². The van der Waals surface area contributed by atoms with Crippen LogP contribution in [0.4, 0.5) is 94.9 Å². The standard InChI is InChI=1S/C14H17Cl3N6.C13H17ClN6.C12H15ClN6.C11H11Cl3N6.C10H11ClN6/c1-7(2)20-14-22-12(18)21-13(23-14)19-4-3-8-5-10(16)11(17)6-9(8)15;1-8(2)17-13-19-11(15)18-12(20-13)16-7-9-5-3-4-6-10(9)14;1-7(2)15-11-17-10(14)18-12(19-11)16-9-6-4-3-5-8(9)13;12-6-4-8(14)7(13)3-5(6)1-2-17-11-19-9(15)18-10(16)20-11;11-7-4-2-1-3-6(7)5-14-10-16-8(12)15-9(13)17-10/h5-7H,3-4H2,1-2H3,(H4,18,19,20,21,22,23);3-6,8H,7H2,1-2H3,(H4,15,16,17,18,19,20);3-7H,1-2H3,(H4,14,15,16,17,18,19);3-4H,1-2H2,(H5,15,16,17,18,19,20);1-4H,5H2,(H5,12,13,14,15,16,17). The topological polar surface area (TPSA) is 472 Å². The molecule has 0 fully saturated rings. The highest BCUT2D eigenvalue weighted by atomic mass is 35.5. The zero-order chi connectivity index (χ0) is 72.3. The minimum absolute atomic E-state index is 0.0626. The zero-order valence-electron chi connectivity index (χ0n) is 53.9. The Hall–Kier alpha value is -9.24. The number of nitrogen functional groups attached to an aromatic ring is 7. The number of aromatic nitrogens is 15. The molecule has 0 aliphatic carbocycles. The molecule has 0 bridgehead atoms. The summed E-state index contributed by atoms with van der Waals surface area (Å²) in [5.74, 6) is 3.88. The van der Waals surface area contributed by atoms with Crippen molar-refractivity contribution in [2.75, 3.05) is 95.8 Å². The van der Waals surface area contributed by atoms with E-state index in [0.29, 0.717) is 137 Å². The lowest BCUT2D eigenvalue weighted by atomic mass is 10.1. The molecule has 10 aromatic rings. The second kappa shape index (κ2) is 39.4. The summed E-state index contributed by atoms with van der Waals surface area (Å²) in [6.45, 7) is 14.0. The average Bonchev–Trinajstić information content (AvgIpc) is 0.897. The fraction of sp³-hybridized carbons (Fsp3) is 0.250. The van der Waals surface area contributed by atoms with Crippen LogP contribution >= 0.6 is 104 Å². The number of benzene rings is 5. The van der Waals surface area contributed by atoms with E-state index >= 15 is 0 Å². The summed E-state index contributed by atoms with van der Waals surface area (Å²) in [7, 11) is 0. The Balaban J connectivity index is 0.000000196. The molecule has 0 spiro atoms. The third-order valence-electron chi connectivity index (χ3n) is 12.0. The zero-order valence-corrected chi connectivity index (χ0v) is 60.7. The maximum Gasteiger partial charge on any atom is 0.233 e. The highest BCUT2D eigenvalue weighted by Gasteiger charge is 2.13. The Morgan fingerprint density at radius 2 is 0.566 bits per heavy atom. The third-order valence-corrected chi connectivity index (χ3v) is 15.2. The molecule has 0 aliphatic rings. The van der Waals surface area contributed by atoms with E-state index in [-0.39, 0.29) is 59.8 Å². The first-order valence-corrected chi connectivity index (χ1v) is 33.0. The number of nitrogens with zero attached hydrogens (tertiary/aromatic N) is 15. The molecule has 39 heteroatoms. The summed E-state index contributed by atoms with van der Waals surface area (Å²) >= 11 is 54.1. The summed E-state index contributed by atoms with van der Waals surface area (Å²) in [6, 6.07) is 29.7. The predicted octanol–water partition coefficient (Wildman–Crippen LogP) is 13.1. The van der Waals surface area contributed by atoms with E-state index in [0.717, 1.165) is 22.3 Å². The van der Waals surface area contributed by atoms with Crippen molar-refractivity contribution in [3.8, 4) is 0 Å². The average molecular weight is 1530 g/mol. The second-order valence-corrected chi connectivity index (χ2v) is 24.9. The van der Waals surface area contributed by atoms with Gasteiger partial charge in [0, 0.05) is 64.4 Å². The quantitative estimate of drug-likeness (QED) is 0.0280. The summed E-state index contributed by atoms with van der Waals surface area (Å²) in [5, 5.41) is 29.3. The summed E-state index contributed by atoms with van der Waals surface area (Å²) in [5.41, 5.74) is 43.2. The van der Waals surface area contributed by atoms with Gasteiger partial charge in [-0.1, -0.05) is 153 Å². The van der Waals surface area contributed by atoms with Gasteiger partial charge in [0.2, 0.25) is 89.2 Å². The maximum atomic E-state index is 6.15. The van der Waals surface area contributed by atoms with Gasteiger partial charge in [-0.25, -0.2) is 0 Å². The fourth-order valence-electron chi connectivity index (χ4n) is 7.78. The highest BCUT2D eigenvalue weighted by molar-refractivity contribution is 6.44. The Kier molecular flexibility index (Phi) is 31.3. The lowest BCUT2D eigenvalue weighted by Gasteiger charge is -2.11. The lowest BCUT2D eigenvalue weighted by molar-refractivity contribution is 0.866. The van der Waals surface area contributed by atoms with Gasteiger partial charge in [-0.2, -0.15) is 74.8 Å². The van der Waals surface area contributed by atoms with Crippen LogP contribution in [0.3, 0.4) is 0 Å². The van der Waals surface area contributed by atoms with Crippen LogP contribution in [0.15, 0.2) is 97.1 Å². The van der Waals surface area contributed by atoms with Crippen molar-refractivity contribution in [2.45, 2.75) is 85.6 Å². The molecule has 0 amide bonds. The van der Waals surface area contributed by atoms with Gasteiger partial charge in [0.15, 0.2) is 0 Å². The molecule has 0 saturated carbocycles. The van der Waals surface area contributed by atoms with E-state index in [9.17, 15) is 0 Å². The number of nitrogens with one attached hydrogen (secondary N) is 8. The minimum atomic E-state index is 0.0626. The number of rotatable bonds is 22. The largest absolute Gasteiger partial charge is 0.368 e. The first kappa shape index (κ1) is 78.8. The molecule has 0 unspecified atom stereocenters. The van der Waals surface area contributed by atoms with Crippen LogP contribution in [0.25, 0.3) is 0 Å². The van der Waals surface area contributed by atoms with Gasteiger partial charge in [0.05, 0.1) is 30.8 Å². The van der Waals surface area contributed by atoms with E-state index in [1.54, 1.807) is 30.3 Å². The van der Waals surface area contributed by atoms with Gasteiger partial charge in [-0.05, 0) is 125 Å². The predicted molar refractivity (Wildman–Crippen MR) is 406 cm³/mol. The Morgan fingerprint density at radius 1 is 0.283 bits per heavy atom. The van der Waals surface area contributed by atoms with Gasteiger partial charge in [0.25, 0.3) is 0 Å². The Labute approximate surface area is 615 Å². The maximum absolute atomic E-state index is 6.15. The van der Waals surface area contributed by atoms with Crippen LogP contribution in [0, 0.1) is 0 Å². The highest BCUT2D eigenvalue weighted by Crippen LogP contribution is 2.31. The fourth-order valence-corrected chi connectivity index (χ4v) is 9.70. The molecular weight excluding hydrogens is 1460 g/mol. The normalized spacial score (nSPS) is 10.6. The third kappa shape index (κ3) is 28.3. The van der Waals surface area contributed by atoms with Crippen molar-refractivity contribution in [2.24, 2.45) is 0 Å². The van der Waals surface area contributed by atoms with E-state index in [1.165, 1.54) is 0 Å². The van der Waals surface area contributed by atoms with Crippen LogP contribution in [-0.4, -0.2) is 106 Å². The first-order chi connectivity index (χ1) is 47.0.